The Morgan fingerprint density at radius 3 is 2.20 bits per heavy atom. The number of carbonyl (C=O) groups is 4. The van der Waals surface area contributed by atoms with Gasteiger partial charge in [0.2, 0.25) is 11.8 Å². The predicted molar refractivity (Wildman–Crippen MR) is 128 cm³/mol. The van der Waals surface area contributed by atoms with Gasteiger partial charge in [0.1, 0.15) is 13.2 Å². The lowest BCUT2D eigenvalue weighted by Crippen LogP contribution is -2.43. The molecule has 0 bridgehead atoms. The lowest BCUT2D eigenvalue weighted by Gasteiger charge is -2.17. The van der Waals surface area contributed by atoms with Gasteiger partial charge >= 0.3 is 12.1 Å². The molecule has 1 saturated heterocycles. The average molecular weight is 480 g/mol. The van der Waals surface area contributed by atoms with Gasteiger partial charge in [-0.3, -0.25) is 14.4 Å². The smallest absolute Gasteiger partial charge is 0.407 e. The SMILES string of the molecule is C[C@@H]1CN(C(=O)CNC(=O)CNC(=O)OCC2c3ccccc3-c3ccccc32)C[C@H]1CC(=O)O. The van der Waals surface area contributed by atoms with E-state index in [4.69, 9.17) is 9.84 Å². The molecule has 2 atom stereocenters. The largest absolute Gasteiger partial charge is 0.481 e. The van der Waals surface area contributed by atoms with E-state index in [9.17, 15) is 19.2 Å². The maximum atomic E-state index is 12.4. The normalized spacial score (nSPS) is 18.5. The van der Waals surface area contributed by atoms with Crippen LogP contribution in [-0.2, 0) is 19.1 Å². The molecule has 3 N–H and O–H groups in total. The van der Waals surface area contributed by atoms with Crippen molar-refractivity contribution in [2.45, 2.75) is 19.3 Å². The van der Waals surface area contributed by atoms with Crippen molar-refractivity contribution in [1.82, 2.24) is 15.5 Å². The first-order chi connectivity index (χ1) is 16.8. The summed E-state index contributed by atoms with van der Waals surface area (Å²) in [5.41, 5.74) is 4.45. The summed E-state index contributed by atoms with van der Waals surface area (Å²) in [5.74, 6) is -1.76. The molecule has 0 saturated carbocycles. The topological polar surface area (TPSA) is 125 Å². The standard InChI is InChI=1S/C26H29N3O6/c1-16-13-29(14-17(16)10-25(32)33)24(31)12-27-23(30)11-28-26(34)35-15-22-20-8-4-2-6-18(20)19-7-3-5-9-21(19)22/h2-9,16-17,22H,10-15H2,1H3,(H,27,30)(H,28,34)(H,32,33)/t16-,17-/m1/s1. The van der Waals surface area contributed by atoms with Gasteiger partial charge in [-0.25, -0.2) is 4.79 Å². The molecule has 0 radical (unpaired) electrons. The van der Waals surface area contributed by atoms with E-state index in [1.807, 2.05) is 43.3 Å². The van der Waals surface area contributed by atoms with Crippen LogP contribution in [0.5, 0.6) is 0 Å². The Hall–Kier alpha value is -3.88. The van der Waals surface area contributed by atoms with E-state index in [1.54, 1.807) is 4.90 Å². The number of ether oxygens (including phenoxy) is 1. The maximum absolute atomic E-state index is 12.4. The number of carbonyl (C=O) groups excluding carboxylic acids is 3. The number of likely N-dealkylation sites (tertiary alicyclic amines) is 1. The van der Waals surface area contributed by atoms with Gasteiger partial charge in [0.25, 0.3) is 0 Å². The number of benzene rings is 2. The fourth-order valence-electron chi connectivity index (χ4n) is 4.88. The van der Waals surface area contributed by atoms with Crippen LogP contribution in [0, 0.1) is 11.8 Å². The third-order valence-corrected chi connectivity index (χ3v) is 6.73. The highest BCUT2D eigenvalue weighted by molar-refractivity contribution is 5.87. The molecule has 0 unspecified atom stereocenters. The number of alkyl carbamates (subject to hydrolysis) is 1. The van der Waals surface area contributed by atoms with Crippen molar-refractivity contribution in [3.8, 4) is 11.1 Å². The molecule has 9 heteroatoms. The Morgan fingerprint density at radius 2 is 1.57 bits per heavy atom. The van der Waals surface area contributed by atoms with Gasteiger partial charge < -0.3 is 25.4 Å². The molecule has 1 fully saturated rings. The van der Waals surface area contributed by atoms with Gasteiger partial charge in [0, 0.05) is 19.0 Å². The van der Waals surface area contributed by atoms with Crippen LogP contribution in [-0.4, -0.2) is 66.7 Å². The van der Waals surface area contributed by atoms with E-state index in [-0.39, 0.29) is 49.8 Å². The fourth-order valence-corrected chi connectivity index (χ4v) is 4.88. The lowest BCUT2D eigenvalue weighted by molar-refractivity contribution is -0.138. The lowest BCUT2D eigenvalue weighted by atomic mass is 9.95. The Kier molecular flexibility index (Phi) is 7.33. The zero-order valence-corrected chi connectivity index (χ0v) is 19.5. The van der Waals surface area contributed by atoms with Gasteiger partial charge in [-0.2, -0.15) is 0 Å². The zero-order chi connectivity index (χ0) is 24.9. The van der Waals surface area contributed by atoms with Crippen LogP contribution < -0.4 is 10.6 Å². The molecule has 0 aromatic heterocycles. The van der Waals surface area contributed by atoms with E-state index in [2.05, 4.69) is 22.8 Å². The second kappa shape index (κ2) is 10.6. The first-order valence-corrected chi connectivity index (χ1v) is 11.7. The van der Waals surface area contributed by atoms with Crippen molar-refractivity contribution in [3.05, 3.63) is 59.7 Å². The summed E-state index contributed by atoms with van der Waals surface area (Å²) in [5, 5.41) is 13.9. The summed E-state index contributed by atoms with van der Waals surface area (Å²) < 4.78 is 5.40. The molecular formula is C26H29N3O6. The van der Waals surface area contributed by atoms with E-state index < -0.39 is 18.0 Å². The fraction of sp³-hybridized carbons (Fsp3) is 0.385. The minimum atomic E-state index is -0.885. The highest BCUT2D eigenvalue weighted by Crippen LogP contribution is 2.44. The summed E-state index contributed by atoms with van der Waals surface area (Å²) in [4.78, 5) is 49.2. The molecule has 184 valence electrons. The van der Waals surface area contributed by atoms with Crippen LogP contribution >= 0.6 is 0 Å². The summed E-state index contributed by atoms with van der Waals surface area (Å²) in [6, 6.07) is 16.0. The molecule has 1 aliphatic carbocycles. The molecule has 4 rings (SSSR count). The molecule has 2 aliphatic rings. The second-order valence-electron chi connectivity index (χ2n) is 9.09. The van der Waals surface area contributed by atoms with Gasteiger partial charge in [-0.05, 0) is 34.1 Å². The summed E-state index contributed by atoms with van der Waals surface area (Å²) >= 11 is 0. The average Bonchev–Trinajstić information content (AvgIpc) is 3.37. The number of carboxylic acids is 1. The van der Waals surface area contributed by atoms with Gasteiger partial charge in [-0.15, -0.1) is 0 Å². The molecule has 1 aliphatic heterocycles. The third kappa shape index (κ3) is 5.62. The van der Waals surface area contributed by atoms with Gasteiger partial charge in [0.05, 0.1) is 13.0 Å². The highest BCUT2D eigenvalue weighted by Gasteiger charge is 2.33. The third-order valence-electron chi connectivity index (χ3n) is 6.73. The molecular weight excluding hydrogens is 450 g/mol. The maximum Gasteiger partial charge on any atom is 0.407 e. The molecule has 9 nitrogen and oxygen atoms in total. The number of hydrogen-bond donors (Lipinski definition) is 3. The quantitative estimate of drug-likeness (QED) is 0.533. The second-order valence-corrected chi connectivity index (χ2v) is 9.09. The van der Waals surface area contributed by atoms with Gasteiger partial charge in [-0.1, -0.05) is 55.5 Å². The summed E-state index contributed by atoms with van der Waals surface area (Å²) in [6.45, 7) is 2.35. The monoisotopic (exact) mass is 479 g/mol. The van der Waals surface area contributed by atoms with Crippen LogP contribution in [0.3, 0.4) is 0 Å². The Labute approximate surface area is 203 Å². The van der Waals surface area contributed by atoms with Crippen LogP contribution in [0.1, 0.15) is 30.4 Å². The number of carboxylic acid groups (broad SMARTS) is 1. The van der Waals surface area contributed by atoms with E-state index in [0.29, 0.717) is 13.1 Å². The van der Waals surface area contributed by atoms with E-state index in [1.165, 1.54) is 0 Å². The minimum Gasteiger partial charge on any atom is -0.481 e. The van der Waals surface area contributed by atoms with E-state index >= 15 is 0 Å². The Bertz CT molecular complexity index is 1090. The molecule has 3 amide bonds. The summed E-state index contributed by atoms with van der Waals surface area (Å²) in [6.07, 6.45) is -0.695. The van der Waals surface area contributed by atoms with Crippen LogP contribution in [0.15, 0.2) is 48.5 Å². The minimum absolute atomic E-state index is 0.0152. The first kappa shape index (κ1) is 24.3. The predicted octanol–water partition coefficient (Wildman–Crippen LogP) is 2.21. The van der Waals surface area contributed by atoms with Crippen molar-refractivity contribution in [2.75, 3.05) is 32.8 Å². The highest BCUT2D eigenvalue weighted by atomic mass is 16.5. The number of fused-ring (bicyclic) bond motifs is 3. The molecule has 0 spiro atoms. The molecule has 2 aromatic rings. The Morgan fingerprint density at radius 1 is 0.943 bits per heavy atom. The van der Waals surface area contributed by atoms with Crippen LogP contribution in [0.4, 0.5) is 4.79 Å². The number of nitrogens with one attached hydrogen (secondary N) is 2. The zero-order valence-electron chi connectivity index (χ0n) is 19.5. The van der Waals surface area contributed by atoms with Crippen LogP contribution in [0.25, 0.3) is 11.1 Å². The number of amides is 3. The van der Waals surface area contributed by atoms with Gasteiger partial charge in [0.15, 0.2) is 0 Å². The number of aliphatic carboxylic acids is 1. The molecule has 35 heavy (non-hydrogen) atoms. The van der Waals surface area contributed by atoms with Crippen molar-refractivity contribution < 1.29 is 29.0 Å². The molecule has 2 aromatic carbocycles. The Balaban J connectivity index is 1.20. The first-order valence-electron chi connectivity index (χ1n) is 11.7. The number of hydrogen-bond acceptors (Lipinski definition) is 5. The summed E-state index contributed by atoms with van der Waals surface area (Å²) in [7, 11) is 0. The number of rotatable bonds is 8. The van der Waals surface area contributed by atoms with Crippen molar-refractivity contribution >= 4 is 23.9 Å². The molecule has 1 heterocycles. The van der Waals surface area contributed by atoms with Crippen molar-refractivity contribution in [3.63, 3.8) is 0 Å². The van der Waals surface area contributed by atoms with Crippen molar-refractivity contribution in [1.29, 1.82) is 0 Å². The van der Waals surface area contributed by atoms with Crippen LogP contribution in [0.2, 0.25) is 0 Å². The van der Waals surface area contributed by atoms with Crippen molar-refractivity contribution in [2.24, 2.45) is 11.8 Å². The van der Waals surface area contributed by atoms with E-state index in [0.717, 1.165) is 22.3 Å². The number of nitrogens with zero attached hydrogens (tertiary/aromatic N) is 1.